The molecule has 0 spiro atoms. The van der Waals surface area contributed by atoms with Crippen LogP contribution in [0.2, 0.25) is 0 Å². The normalized spacial score (nSPS) is 21.8. The Morgan fingerprint density at radius 1 is 1.24 bits per heavy atom. The summed E-state index contributed by atoms with van der Waals surface area (Å²) in [6.07, 6.45) is 3.94. The molecule has 174 valence electrons. The molecule has 1 amide bonds. The van der Waals surface area contributed by atoms with Gasteiger partial charge in [0.15, 0.2) is 5.54 Å². The summed E-state index contributed by atoms with van der Waals surface area (Å²) in [5.74, 6) is 0.898. The predicted octanol–water partition coefficient (Wildman–Crippen LogP) is 2.72. The number of nitrogens with zero attached hydrogens (tertiary/aromatic N) is 1. The second-order valence-electron chi connectivity index (χ2n) is 8.52. The summed E-state index contributed by atoms with van der Waals surface area (Å²) < 4.78 is 11.6. The molecule has 33 heavy (non-hydrogen) atoms. The molecular weight excluding hydrogens is 418 g/mol. The molecule has 0 saturated carbocycles. The molecule has 1 aliphatic heterocycles. The average molecular weight is 450 g/mol. The Labute approximate surface area is 194 Å². The van der Waals surface area contributed by atoms with E-state index in [1.54, 1.807) is 6.08 Å². The standard InChI is InChI=1S/C26H31N3O4/c1-3-13-26(25(31)29-28-22-16-20-7-4-5-8-21(20)17-22)18(2)33-24(27-26)19-9-11-23(12-10-19)32-15-6-14-30/h3-5,7-12,18,22,28,30H,1,6,13-17H2,2H3,(H,29,31)/t18-,26-/m0/s1. The van der Waals surface area contributed by atoms with Crippen LogP contribution in [0.25, 0.3) is 0 Å². The van der Waals surface area contributed by atoms with Gasteiger partial charge in [-0.05, 0) is 55.2 Å². The monoisotopic (exact) mass is 449 g/mol. The molecule has 7 heteroatoms. The van der Waals surface area contributed by atoms with Gasteiger partial charge >= 0.3 is 0 Å². The third kappa shape index (κ3) is 4.94. The number of carbonyl (C=O) groups is 1. The third-order valence-corrected chi connectivity index (χ3v) is 6.22. The Morgan fingerprint density at radius 3 is 2.58 bits per heavy atom. The molecule has 0 saturated heterocycles. The van der Waals surface area contributed by atoms with Crippen LogP contribution in [0.3, 0.4) is 0 Å². The van der Waals surface area contributed by atoms with Crippen molar-refractivity contribution in [1.82, 2.24) is 10.9 Å². The molecule has 0 radical (unpaired) electrons. The van der Waals surface area contributed by atoms with Gasteiger partial charge in [0.25, 0.3) is 5.91 Å². The Balaban J connectivity index is 1.44. The van der Waals surface area contributed by atoms with Gasteiger partial charge in [0.05, 0.1) is 6.61 Å². The zero-order valence-corrected chi connectivity index (χ0v) is 18.9. The second kappa shape index (κ2) is 10.2. The van der Waals surface area contributed by atoms with Gasteiger partial charge in [-0.2, -0.15) is 0 Å². The quantitative estimate of drug-likeness (QED) is 0.295. The molecule has 1 heterocycles. The zero-order valence-electron chi connectivity index (χ0n) is 18.9. The number of nitrogens with one attached hydrogen (secondary N) is 2. The first-order chi connectivity index (χ1) is 16.1. The summed E-state index contributed by atoms with van der Waals surface area (Å²) in [6, 6.07) is 15.9. The maximum Gasteiger partial charge on any atom is 0.266 e. The minimum absolute atomic E-state index is 0.0939. The lowest BCUT2D eigenvalue weighted by atomic mass is 9.90. The molecule has 0 fully saturated rings. The molecule has 2 aliphatic rings. The number of aliphatic hydroxyl groups is 1. The highest BCUT2D eigenvalue weighted by atomic mass is 16.5. The van der Waals surface area contributed by atoms with Gasteiger partial charge in [-0.25, -0.2) is 10.4 Å². The smallest absolute Gasteiger partial charge is 0.266 e. The largest absolute Gasteiger partial charge is 0.494 e. The van der Waals surface area contributed by atoms with Crippen molar-refractivity contribution < 1.29 is 19.4 Å². The summed E-state index contributed by atoms with van der Waals surface area (Å²) in [5, 5.41) is 8.88. The third-order valence-electron chi connectivity index (χ3n) is 6.22. The van der Waals surface area contributed by atoms with Gasteiger partial charge in [-0.1, -0.05) is 30.3 Å². The zero-order chi connectivity index (χ0) is 23.3. The van der Waals surface area contributed by atoms with Crippen LogP contribution < -0.4 is 15.6 Å². The SMILES string of the molecule is C=CC[C@]1(C(=O)NNC2Cc3ccccc3C2)N=C(c2ccc(OCCCO)cc2)O[C@H]1C. The van der Waals surface area contributed by atoms with Crippen LogP contribution in [0.15, 0.2) is 66.2 Å². The molecular formula is C26H31N3O4. The molecule has 3 N–H and O–H groups in total. The number of amides is 1. The van der Waals surface area contributed by atoms with E-state index in [4.69, 9.17) is 19.6 Å². The van der Waals surface area contributed by atoms with E-state index in [0.29, 0.717) is 31.1 Å². The summed E-state index contributed by atoms with van der Waals surface area (Å²) >= 11 is 0. The first-order valence-corrected chi connectivity index (χ1v) is 11.4. The number of hydrazine groups is 1. The van der Waals surface area contributed by atoms with E-state index in [0.717, 1.165) is 18.4 Å². The minimum Gasteiger partial charge on any atom is -0.494 e. The van der Waals surface area contributed by atoms with Gasteiger partial charge in [-0.3, -0.25) is 10.2 Å². The first-order valence-electron chi connectivity index (χ1n) is 11.4. The van der Waals surface area contributed by atoms with Gasteiger partial charge in [-0.15, -0.1) is 6.58 Å². The van der Waals surface area contributed by atoms with Crippen LogP contribution in [0.5, 0.6) is 5.75 Å². The van der Waals surface area contributed by atoms with Crippen molar-refractivity contribution in [2.45, 2.75) is 50.3 Å². The molecule has 1 aliphatic carbocycles. The van der Waals surface area contributed by atoms with E-state index in [9.17, 15) is 4.79 Å². The fraction of sp³-hybridized carbons (Fsp3) is 0.385. The van der Waals surface area contributed by atoms with E-state index in [1.165, 1.54) is 11.1 Å². The van der Waals surface area contributed by atoms with E-state index in [-0.39, 0.29) is 18.6 Å². The molecule has 0 aromatic heterocycles. The number of rotatable bonds is 10. The number of fused-ring (bicyclic) bond motifs is 1. The first kappa shape index (κ1) is 23.0. The highest BCUT2D eigenvalue weighted by Crippen LogP contribution is 2.32. The molecule has 2 aromatic rings. The molecule has 2 aromatic carbocycles. The van der Waals surface area contributed by atoms with Crippen molar-refractivity contribution in [3.63, 3.8) is 0 Å². The molecule has 4 rings (SSSR count). The fourth-order valence-corrected chi connectivity index (χ4v) is 4.34. The van der Waals surface area contributed by atoms with Gasteiger partial charge in [0, 0.05) is 31.1 Å². The number of ether oxygens (including phenoxy) is 2. The lowest BCUT2D eigenvalue weighted by Crippen LogP contribution is -2.56. The number of aliphatic imine (C=N–C) groups is 1. The van der Waals surface area contributed by atoms with Crippen LogP contribution in [0, 0.1) is 0 Å². The van der Waals surface area contributed by atoms with Crippen LogP contribution in [0.1, 0.15) is 36.5 Å². The molecule has 2 atom stereocenters. The second-order valence-corrected chi connectivity index (χ2v) is 8.52. The summed E-state index contributed by atoms with van der Waals surface area (Å²) in [4.78, 5) is 18.1. The Morgan fingerprint density at radius 2 is 1.94 bits per heavy atom. The maximum absolute atomic E-state index is 13.3. The van der Waals surface area contributed by atoms with E-state index >= 15 is 0 Å². The van der Waals surface area contributed by atoms with Gasteiger partial charge in [0.2, 0.25) is 5.90 Å². The Hall–Kier alpha value is -3.16. The Kier molecular flexibility index (Phi) is 7.11. The van der Waals surface area contributed by atoms with Crippen molar-refractivity contribution in [2.75, 3.05) is 13.2 Å². The van der Waals surface area contributed by atoms with E-state index in [2.05, 4.69) is 29.6 Å². The van der Waals surface area contributed by atoms with Crippen LogP contribution in [0.4, 0.5) is 0 Å². The number of hydrogen-bond donors (Lipinski definition) is 3. The summed E-state index contributed by atoms with van der Waals surface area (Å²) in [5.41, 5.74) is 8.41. The van der Waals surface area contributed by atoms with Crippen LogP contribution >= 0.6 is 0 Å². The molecule has 0 bridgehead atoms. The fourth-order valence-electron chi connectivity index (χ4n) is 4.34. The molecule has 0 unspecified atom stereocenters. The number of benzene rings is 2. The number of hydrogen-bond acceptors (Lipinski definition) is 6. The average Bonchev–Trinajstić information content (AvgIpc) is 3.39. The maximum atomic E-state index is 13.3. The van der Waals surface area contributed by atoms with Crippen molar-refractivity contribution >= 4 is 11.8 Å². The highest BCUT2D eigenvalue weighted by molar-refractivity contribution is 6.00. The summed E-state index contributed by atoms with van der Waals surface area (Å²) in [7, 11) is 0. The van der Waals surface area contributed by atoms with Crippen LogP contribution in [-0.2, 0) is 22.4 Å². The summed E-state index contributed by atoms with van der Waals surface area (Å²) in [6.45, 7) is 6.24. The molecule has 7 nitrogen and oxygen atoms in total. The van der Waals surface area contributed by atoms with Crippen molar-refractivity contribution in [3.8, 4) is 5.75 Å². The minimum atomic E-state index is -1.09. The Bertz CT molecular complexity index is 995. The van der Waals surface area contributed by atoms with Gasteiger partial charge < -0.3 is 14.6 Å². The van der Waals surface area contributed by atoms with E-state index in [1.807, 2.05) is 43.3 Å². The number of aliphatic hydroxyl groups excluding tert-OH is 1. The van der Waals surface area contributed by atoms with Crippen LogP contribution in [-0.4, -0.2) is 47.8 Å². The van der Waals surface area contributed by atoms with E-state index < -0.39 is 11.6 Å². The number of carbonyl (C=O) groups excluding carboxylic acids is 1. The lowest BCUT2D eigenvalue weighted by molar-refractivity contribution is -0.129. The van der Waals surface area contributed by atoms with Gasteiger partial charge in [0.1, 0.15) is 11.9 Å². The van der Waals surface area contributed by atoms with Crippen molar-refractivity contribution in [3.05, 3.63) is 77.9 Å². The highest BCUT2D eigenvalue weighted by Gasteiger charge is 2.49. The van der Waals surface area contributed by atoms with Crippen molar-refractivity contribution in [1.29, 1.82) is 0 Å². The predicted molar refractivity (Wildman–Crippen MR) is 127 cm³/mol. The topological polar surface area (TPSA) is 92.2 Å². The lowest BCUT2D eigenvalue weighted by Gasteiger charge is -2.27. The van der Waals surface area contributed by atoms with Crippen molar-refractivity contribution in [2.24, 2.45) is 4.99 Å².